The van der Waals surface area contributed by atoms with Gasteiger partial charge < -0.3 is 33.8 Å². The quantitative estimate of drug-likeness (QED) is 0.229. The van der Waals surface area contributed by atoms with Gasteiger partial charge in [-0.15, -0.1) is 0 Å². The third-order valence-electron chi connectivity index (χ3n) is 3.39. The molecule has 31 heavy (non-hydrogen) atoms. The number of fused-ring (bicyclic) bond motifs is 1. The van der Waals surface area contributed by atoms with Crippen LogP contribution in [-0.4, -0.2) is 77.6 Å². The summed E-state index contributed by atoms with van der Waals surface area (Å²) in [5.41, 5.74) is 6.49. The average Bonchev–Trinajstić information content (AvgIpc) is 3.13. The molecule has 0 aliphatic heterocycles. The maximum atomic E-state index is 12.8. The first-order valence-corrected chi connectivity index (χ1v) is 10.8. The molecule has 2 aromatic rings. The number of ether oxygens (including phenoxy) is 3. The summed E-state index contributed by atoms with van der Waals surface area (Å²) >= 11 is 0. The summed E-state index contributed by atoms with van der Waals surface area (Å²) < 4.78 is 39.3. The van der Waals surface area contributed by atoms with Gasteiger partial charge >= 0.3 is 19.5 Å². The SMILES string of the molecule is CC(=O)OCCOP(=O)(COCCOn1cnc2c(N)ncnc21)OCCOC(C)=O. The van der Waals surface area contributed by atoms with E-state index in [4.69, 9.17) is 33.8 Å². The number of carbonyl (C=O) groups excluding carboxylic acids is 2. The van der Waals surface area contributed by atoms with E-state index < -0.39 is 25.9 Å². The lowest BCUT2D eigenvalue weighted by Crippen LogP contribution is -2.18. The van der Waals surface area contributed by atoms with Crippen LogP contribution in [0.2, 0.25) is 0 Å². The second-order valence-corrected chi connectivity index (χ2v) is 7.83. The van der Waals surface area contributed by atoms with E-state index in [0.717, 1.165) is 0 Å². The zero-order valence-corrected chi connectivity index (χ0v) is 18.0. The Morgan fingerprint density at radius 3 is 2.23 bits per heavy atom. The van der Waals surface area contributed by atoms with Crippen LogP contribution in [0.3, 0.4) is 0 Å². The molecular formula is C16H24N5O9P. The smallest absolute Gasteiger partial charge is 0.356 e. The number of carbonyl (C=O) groups is 2. The van der Waals surface area contributed by atoms with Crippen molar-refractivity contribution >= 4 is 36.5 Å². The minimum Gasteiger partial charge on any atom is -0.463 e. The number of nitrogens with two attached hydrogens (primary N) is 1. The summed E-state index contributed by atoms with van der Waals surface area (Å²) in [5.74, 6) is -0.773. The first-order valence-electron chi connectivity index (χ1n) is 9.10. The first kappa shape index (κ1) is 24.5. The van der Waals surface area contributed by atoms with E-state index in [0.29, 0.717) is 11.2 Å². The zero-order valence-electron chi connectivity index (χ0n) is 17.1. The molecule has 0 aliphatic rings. The van der Waals surface area contributed by atoms with Crippen LogP contribution in [0.15, 0.2) is 12.7 Å². The molecule has 2 N–H and O–H groups in total. The van der Waals surface area contributed by atoms with Crippen LogP contribution in [0.1, 0.15) is 13.8 Å². The fraction of sp³-hybridized carbons (Fsp3) is 0.562. The molecule has 14 nitrogen and oxygen atoms in total. The summed E-state index contributed by atoms with van der Waals surface area (Å²) in [6.07, 6.45) is 2.28. The van der Waals surface area contributed by atoms with Crippen molar-refractivity contribution in [2.24, 2.45) is 0 Å². The van der Waals surface area contributed by atoms with E-state index in [1.54, 1.807) is 0 Å². The van der Waals surface area contributed by atoms with Crippen LogP contribution >= 0.6 is 7.60 Å². The number of hydrogen-bond acceptors (Lipinski definition) is 13. The third-order valence-corrected chi connectivity index (χ3v) is 5.04. The van der Waals surface area contributed by atoms with Crippen molar-refractivity contribution in [2.45, 2.75) is 13.8 Å². The topological polar surface area (TPSA) is 176 Å². The second-order valence-electron chi connectivity index (χ2n) is 5.83. The van der Waals surface area contributed by atoms with Crippen molar-refractivity contribution in [2.75, 3.05) is 51.7 Å². The van der Waals surface area contributed by atoms with Crippen molar-refractivity contribution in [3.05, 3.63) is 12.7 Å². The van der Waals surface area contributed by atoms with Gasteiger partial charge in [-0.25, -0.2) is 15.0 Å². The molecule has 0 aromatic carbocycles. The summed E-state index contributed by atoms with van der Waals surface area (Å²) in [4.78, 5) is 39.0. The Balaban J connectivity index is 1.79. The Labute approximate surface area is 177 Å². The molecule has 0 saturated heterocycles. The summed E-state index contributed by atoms with van der Waals surface area (Å²) in [7, 11) is -3.70. The van der Waals surface area contributed by atoms with Gasteiger partial charge in [0.25, 0.3) is 0 Å². The monoisotopic (exact) mass is 461 g/mol. The minimum absolute atomic E-state index is 0.0326. The van der Waals surface area contributed by atoms with Crippen molar-refractivity contribution in [1.29, 1.82) is 0 Å². The molecule has 0 amide bonds. The van der Waals surface area contributed by atoms with Gasteiger partial charge in [-0.1, -0.05) is 0 Å². The number of nitrogens with zero attached hydrogens (tertiary/aromatic N) is 4. The molecule has 15 heteroatoms. The Bertz CT molecular complexity index is 896. The van der Waals surface area contributed by atoms with Gasteiger partial charge in [0, 0.05) is 13.8 Å². The molecule has 2 rings (SSSR count). The normalized spacial score (nSPS) is 11.4. The highest BCUT2D eigenvalue weighted by Gasteiger charge is 2.25. The summed E-state index contributed by atoms with van der Waals surface area (Å²) in [6, 6.07) is 0. The van der Waals surface area contributed by atoms with Gasteiger partial charge in [0.1, 0.15) is 38.8 Å². The van der Waals surface area contributed by atoms with E-state index >= 15 is 0 Å². The molecular weight excluding hydrogens is 437 g/mol. The summed E-state index contributed by atoms with van der Waals surface area (Å²) in [6.45, 7) is 2.05. The van der Waals surface area contributed by atoms with Gasteiger partial charge in [0.15, 0.2) is 11.3 Å². The lowest BCUT2D eigenvalue weighted by Gasteiger charge is -2.18. The third kappa shape index (κ3) is 8.45. The van der Waals surface area contributed by atoms with Gasteiger partial charge in [0.05, 0.1) is 19.8 Å². The predicted octanol–water partition coefficient (Wildman–Crippen LogP) is 0.164. The van der Waals surface area contributed by atoms with Crippen LogP contribution in [0.5, 0.6) is 0 Å². The van der Waals surface area contributed by atoms with Crippen molar-refractivity contribution in [1.82, 2.24) is 19.7 Å². The second kappa shape index (κ2) is 12.2. The highest BCUT2D eigenvalue weighted by Crippen LogP contribution is 2.47. The number of esters is 2. The number of nitrogen functional groups attached to an aromatic ring is 1. The molecule has 0 aliphatic carbocycles. The van der Waals surface area contributed by atoms with E-state index in [9.17, 15) is 14.2 Å². The number of hydrogen-bond donors (Lipinski definition) is 1. The van der Waals surface area contributed by atoms with Crippen LogP contribution in [0.25, 0.3) is 11.2 Å². The lowest BCUT2D eigenvalue weighted by molar-refractivity contribution is -0.142. The largest absolute Gasteiger partial charge is 0.463 e. The van der Waals surface area contributed by atoms with Gasteiger partial charge in [-0.05, 0) is 0 Å². The van der Waals surface area contributed by atoms with Gasteiger partial charge in [0.2, 0.25) is 5.65 Å². The number of aromatic nitrogens is 4. The Kier molecular flexibility index (Phi) is 9.59. The Hall–Kier alpha value is -2.80. The summed E-state index contributed by atoms with van der Waals surface area (Å²) in [5, 5.41) is 0. The highest BCUT2D eigenvalue weighted by atomic mass is 31.2. The Morgan fingerprint density at radius 2 is 1.61 bits per heavy atom. The van der Waals surface area contributed by atoms with E-state index in [-0.39, 0.29) is 45.5 Å². The molecule has 0 spiro atoms. The Morgan fingerprint density at radius 1 is 0.968 bits per heavy atom. The lowest BCUT2D eigenvalue weighted by atomic mass is 10.5. The van der Waals surface area contributed by atoms with Crippen LogP contribution in [-0.2, 0) is 37.4 Å². The van der Waals surface area contributed by atoms with Crippen molar-refractivity contribution in [3.63, 3.8) is 0 Å². The first-order chi connectivity index (χ1) is 14.8. The predicted molar refractivity (Wildman–Crippen MR) is 105 cm³/mol. The fourth-order valence-corrected chi connectivity index (χ4v) is 3.41. The average molecular weight is 461 g/mol. The zero-order chi connectivity index (χ0) is 22.7. The molecule has 0 fully saturated rings. The molecule has 2 aromatic heterocycles. The van der Waals surface area contributed by atoms with E-state index in [1.165, 1.54) is 31.2 Å². The van der Waals surface area contributed by atoms with E-state index in [2.05, 4.69) is 15.0 Å². The minimum atomic E-state index is -3.70. The van der Waals surface area contributed by atoms with Crippen molar-refractivity contribution in [3.8, 4) is 0 Å². The van der Waals surface area contributed by atoms with Gasteiger partial charge in [-0.3, -0.25) is 14.2 Å². The molecule has 0 saturated carbocycles. The van der Waals surface area contributed by atoms with E-state index in [1.807, 2.05) is 0 Å². The molecule has 0 unspecified atom stereocenters. The highest BCUT2D eigenvalue weighted by molar-refractivity contribution is 7.53. The number of imidazole rings is 1. The number of anilines is 1. The fourth-order valence-electron chi connectivity index (χ4n) is 2.13. The molecule has 0 atom stereocenters. The van der Waals surface area contributed by atoms with Gasteiger partial charge in [-0.2, -0.15) is 4.73 Å². The molecule has 2 heterocycles. The van der Waals surface area contributed by atoms with Crippen molar-refractivity contribution < 1.29 is 42.2 Å². The molecule has 172 valence electrons. The maximum Gasteiger partial charge on any atom is 0.356 e. The standard InChI is InChI=1S/C16H24N5O9P/c1-12(22)26-4-7-29-31(24,30-8-5-27-13(2)23)11-25-3-6-28-21-10-20-14-15(17)18-9-19-16(14)21/h9-10H,3-8,11H2,1-2H3,(H2,17,18,19). The van der Waals surface area contributed by atoms with Crippen LogP contribution in [0.4, 0.5) is 5.82 Å². The number of rotatable bonds is 14. The maximum absolute atomic E-state index is 12.8. The van der Waals surface area contributed by atoms with Crippen LogP contribution in [0, 0.1) is 0 Å². The molecule has 0 radical (unpaired) electrons. The van der Waals surface area contributed by atoms with Crippen LogP contribution < -0.4 is 10.6 Å². The molecule has 0 bridgehead atoms.